The van der Waals surface area contributed by atoms with Gasteiger partial charge in [0.05, 0.1) is 6.33 Å². The second kappa shape index (κ2) is 8.08. The number of carbonyl (C=O) groups is 1. The molecule has 1 aromatic rings. The molecule has 1 atom stereocenters. The lowest BCUT2D eigenvalue weighted by Gasteiger charge is -2.18. The molecule has 0 aromatic heterocycles. The fourth-order valence-electron chi connectivity index (χ4n) is 3.58. The molecule has 5 rings (SSSR count). The second-order valence-corrected chi connectivity index (χ2v) is 9.29. The minimum absolute atomic E-state index is 0.0843. The van der Waals surface area contributed by atoms with Crippen molar-refractivity contribution in [3.05, 3.63) is 22.9 Å². The van der Waals surface area contributed by atoms with Gasteiger partial charge in [0.15, 0.2) is 34.0 Å². The number of nitrogens with zero attached hydrogens (tertiary/aromatic N) is 4. The first-order valence-electron chi connectivity index (χ1n) is 9.72. The number of amides is 1. The normalized spacial score (nSPS) is 15.9. The van der Waals surface area contributed by atoms with Gasteiger partial charge in [0.1, 0.15) is 0 Å². The van der Waals surface area contributed by atoms with Crippen molar-refractivity contribution in [1.29, 1.82) is 0 Å². The summed E-state index contributed by atoms with van der Waals surface area (Å²) >= 11 is 4.93. The summed E-state index contributed by atoms with van der Waals surface area (Å²) in [6.07, 6.45) is 3.37. The van der Waals surface area contributed by atoms with E-state index in [9.17, 15) is 4.79 Å². The van der Waals surface area contributed by atoms with Crippen LogP contribution < -0.4 is 20.5 Å². The van der Waals surface area contributed by atoms with E-state index in [0.29, 0.717) is 52.9 Å². The first-order valence-corrected chi connectivity index (χ1v) is 11.3. The van der Waals surface area contributed by atoms with Crippen LogP contribution >= 0.6 is 27.7 Å². The number of aromatic nitrogens is 4. The molecule has 31 heavy (non-hydrogen) atoms. The van der Waals surface area contributed by atoms with Gasteiger partial charge in [-0.15, -0.1) is 0 Å². The van der Waals surface area contributed by atoms with Gasteiger partial charge in [0, 0.05) is 22.0 Å². The smallest absolute Gasteiger partial charge is 0.404 e. The largest absolute Gasteiger partial charge is 0.465 e. The number of rotatable bonds is 7. The van der Waals surface area contributed by atoms with Crippen LogP contribution in [0.5, 0.6) is 11.5 Å². The summed E-state index contributed by atoms with van der Waals surface area (Å²) in [6, 6.07) is 3.65. The van der Waals surface area contributed by atoms with Gasteiger partial charge in [-0.25, -0.2) is 19.7 Å². The van der Waals surface area contributed by atoms with Crippen LogP contribution in [-0.2, 0) is 6.54 Å². The molecule has 0 bridgehead atoms. The number of nitrogens with two attached hydrogens (primary N) is 1. The number of carboxylic acid groups (broad SMARTS) is 1. The molecule has 0 radical (unpaired) electrons. The van der Waals surface area contributed by atoms with E-state index in [1.54, 1.807) is 6.33 Å². The summed E-state index contributed by atoms with van der Waals surface area (Å²) in [5.74, 6) is 2.69. The average molecular weight is 507 g/mol. The zero-order valence-corrected chi connectivity index (χ0v) is 18.6. The molecule has 1 unspecified atom stereocenters. The van der Waals surface area contributed by atoms with Gasteiger partial charge in [-0.2, -0.15) is 0 Å². The Morgan fingerprint density at radius 2 is 2.13 bits per heavy atom. The molecular formula is C19H19BrN6O4S. The number of fused-ring (bicyclic) bond motifs is 2. The van der Waals surface area contributed by atoms with E-state index in [-0.39, 0.29) is 12.8 Å². The highest BCUT2D eigenvalue weighted by molar-refractivity contribution is 9.10. The molecule has 0 spiro atoms. The van der Waals surface area contributed by atoms with Gasteiger partial charge in [0.25, 0.3) is 0 Å². The number of ether oxygens (including phenoxy) is 2. The quantitative estimate of drug-likeness (QED) is 0.439. The monoisotopic (exact) mass is 506 g/mol. The van der Waals surface area contributed by atoms with E-state index in [2.05, 4.69) is 36.2 Å². The van der Waals surface area contributed by atoms with E-state index in [1.165, 1.54) is 11.8 Å². The summed E-state index contributed by atoms with van der Waals surface area (Å²) in [7, 11) is 0. The number of halogens is 1. The third-order valence-electron chi connectivity index (χ3n) is 5.28. The van der Waals surface area contributed by atoms with Crippen molar-refractivity contribution in [3.63, 3.8) is 0 Å². The lowest BCUT2D eigenvalue weighted by molar-refractivity contribution is 0.174. The van der Waals surface area contributed by atoms with E-state index in [4.69, 9.17) is 20.3 Å². The van der Waals surface area contributed by atoms with E-state index in [0.717, 1.165) is 22.2 Å². The molecule has 3 heterocycles. The standard InChI is InChI=1S/C19H19BrN6O4S/c20-10-5-12-13(30-8-29-12)6-14(10)31-18-24-15-16(21)22-7-26(17(15)25-18)4-3-11(9-1-2-9)23-19(27)28/h5-7,9,11,23H,1-4,8,21H2,(H,27,28). The minimum Gasteiger partial charge on any atom is -0.465 e. The van der Waals surface area contributed by atoms with Crippen molar-refractivity contribution in [2.24, 2.45) is 5.92 Å². The van der Waals surface area contributed by atoms with E-state index >= 15 is 0 Å². The molecule has 10 nitrogen and oxygen atoms in total. The summed E-state index contributed by atoms with van der Waals surface area (Å²) in [4.78, 5) is 25.5. The first kappa shape index (κ1) is 20.2. The number of nitrogen functional groups attached to an aromatic ring is 1. The van der Waals surface area contributed by atoms with E-state index in [1.807, 2.05) is 16.7 Å². The van der Waals surface area contributed by atoms with Gasteiger partial charge in [-0.05, 0) is 65.0 Å². The molecule has 0 saturated heterocycles. The van der Waals surface area contributed by atoms with Crippen molar-refractivity contribution in [2.75, 3.05) is 12.5 Å². The van der Waals surface area contributed by atoms with Crippen LogP contribution in [-0.4, -0.2) is 43.6 Å². The Labute approximate surface area is 190 Å². The first-order chi connectivity index (χ1) is 15.0. The molecule has 1 aromatic carbocycles. The number of anilines is 1. The Balaban J connectivity index is 1.38. The Morgan fingerprint density at radius 1 is 1.35 bits per heavy atom. The third-order valence-corrected chi connectivity index (χ3v) is 7.12. The Morgan fingerprint density at radius 3 is 2.87 bits per heavy atom. The number of hydrogen-bond donors (Lipinski definition) is 3. The SMILES string of the molecule is Nc1ncn(CCC(NC(=O)O)C2CC2)c2nc(Sc3cc4c(cc3Br)OCO4)nc1-2. The fourth-order valence-corrected chi connectivity index (χ4v) is 4.93. The second-order valence-electron chi connectivity index (χ2n) is 7.42. The molecular weight excluding hydrogens is 488 g/mol. The molecule has 12 heteroatoms. The Bertz CT molecular complexity index is 1120. The van der Waals surface area contributed by atoms with Crippen LogP contribution in [0, 0.1) is 5.92 Å². The number of aryl methyl sites for hydroxylation is 1. The highest BCUT2D eigenvalue weighted by atomic mass is 79.9. The molecule has 4 aliphatic rings. The molecule has 1 aliphatic carbocycles. The average Bonchev–Trinajstić information content (AvgIpc) is 3.33. The fraction of sp³-hybridized carbons (Fsp3) is 0.368. The van der Waals surface area contributed by atoms with Gasteiger partial charge in [-0.1, -0.05) is 0 Å². The molecule has 162 valence electrons. The van der Waals surface area contributed by atoms with Crippen LogP contribution in [0.4, 0.5) is 10.6 Å². The maximum atomic E-state index is 11.1. The number of benzene rings is 1. The lowest BCUT2D eigenvalue weighted by Crippen LogP contribution is -2.36. The van der Waals surface area contributed by atoms with Crippen LogP contribution in [0.3, 0.4) is 0 Å². The molecule has 1 saturated carbocycles. The summed E-state index contributed by atoms with van der Waals surface area (Å²) in [5, 5.41) is 12.3. The van der Waals surface area contributed by atoms with Crippen molar-refractivity contribution in [2.45, 2.75) is 41.9 Å². The maximum absolute atomic E-state index is 11.1. The highest BCUT2D eigenvalue weighted by Gasteiger charge is 2.32. The van der Waals surface area contributed by atoms with Gasteiger partial charge in [-0.3, -0.25) is 0 Å². The topological polar surface area (TPSA) is 137 Å². The molecule has 3 aliphatic heterocycles. The Hall–Kier alpha value is -2.73. The molecule has 4 N–H and O–H groups in total. The van der Waals surface area contributed by atoms with Crippen LogP contribution in [0.2, 0.25) is 0 Å². The zero-order chi connectivity index (χ0) is 21.5. The molecule has 1 fully saturated rings. The zero-order valence-electron chi connectivity index (χ0n) is 16.2. The van der Waals surface area contributed by atoms with Gasteiger partial charge < -0.3 is 30.2 Å². The van der Waals surface area contributed by atoms with Crippen molar-refractivity contribution >= 4 is 39.6 Å². The van der Waals surface area contributed by atoms with Crippen LogP contribution in [0.15, 0.2) is 33.0 Å². The van der Waals surface area contributed by atoms with E-state index < -0.39 is 6.09 Å². The van der Waals surface area contributed by atoms with Crippen molar-refractivity contribution in [3.8, 4) is 23.0 Å². The number of imidazole rings is 1. The minimum atomic E-state index is -0.997. The summed E-state index contributed by atoms with van der Waals surface area (Å²) < 4.78 is 13.6. The third kappa shape index (κ3) is 4.22. The molecule has 1 amide bonds. The van der Waals surface area contributed by atoms with Gasteiger partial charge in [0.2, 0.25) is 6.79 Å². The van der Waals surface area contributed by atoms with Crippen molar-refractivity contribution in [1.82, 2.24) is 24.8 Å². The summed E-state index contributed by atoms with van der Waals surface area (Å²) in [5.41, 5.74) is 6.57. The predicted molar refractivity (Wildman–Crippen MR) is 116 cm³/mol. The van der Waals surface area contributed by atoms with Crippen molar-refractivity contribution < 1.29 is 19.4 Å². The number of hydrogen-bond acceptors (Lipinski definition) is 8. The maximum Gasteiger partial charge on any atom is 0.404 e. The lowest BCUT2D eigenvalue weighted by atomic mass is 10.1. The van der Waals surface area contributed by atoms with Gasteiger partial charge >= 0.3 is 6.09 Å². The summed E-state index contributed by atoms with van der Waals surface area (Å²) in [6.45, 7) is 0.759. The highest BCUT2D eigenvalue weighted by Crippen LogP contribution is 2.43. The van der Waals surface area contributed by atoms with Crippen LogP contribution in [0.25, 0.3) is 11.5 Å². The Kier molecular flexibility index (Phi) is 5.26. The number of nitrogens with one attached hydrogen (secondary N) is 1. The predicted octanol–water partition coefficient (Wildman–Crippen LogP) is 3.44. The van der Waals surface area contributed by atoms with Crippen LogP contribution in [0.1, 0.15) is 19.3 Å².